The highest BCUT2D eigenvalue weighted by Crippen LogP contribution is 2.41. The number of carboxylic acids is 1. The molecule has 1 N–H and O–H groups in total. The van der Waals surface area contributed by atoms with Crippen molar-refractivity contribution in [3.8, 4) is 0 Å². The molecule has 28 heavy (non-hydrogen) atoms. The van der Waals surface area contributed by atoms with E-state index in [1.54, 1.807) is 0 Å². The van der Waals surface area contributed by atoms with Gasteiger partial charge < -0.3 is 14.5 Å². The Morgan fingerprint density at radius 3 is 2.86 bits per heavy atom. The highest BCUT2D eigenvalue weighted by Gasteiger charge is 2.31. The van der Waals surface area contributed by atoms with Crippen molar-refractivity contribution >= 4 is 23.0 Å². The van der Waals surface area contributed by atoms with E-state index in [0.717, 1.165) is 55.3 Å². The summed E-state index contributed by atoms with van der Waals surface area (Å²) in [5.74, 6) is -0.121. The number of carbonyl (C=O) groups is 2. The first-order valence-corrected chi connectivity index (χ1v) is 10.4. The first-order chi connectivity index (χ1) is 13.6. The maximum absolute atomic E-state index is 13.5. The van der Waals surface area contributed by atoms with Gasteiger partial charge in [0, 0.05) is 31.1 Å². The zero-order chi connectivity index (χ0) is 19.7. The lowest BCUT2D eigenvalue weighted by Crippen LogP contribution is -2.40. The maximum Gasteiger partial charge on any atom is 0.303 e. The van der Waals surface area contributed by atoms with E-state index in [2.05, 4.69) is 17.1 Å². The van der Waals surface area contributed by atoms with Gasteiger partial charge in [0.25, 0.3) is 11.6 Å². The molecule has 2 fully saturated rings. The van der Waals surface area contributed by atoms with Crippen LogP contribution in [0.1, 0.15) is 79.5 Å². The molecular weight excluding hydrogens is 358 g/mol. The summed E-state index contributed by atoms with van der Waals surface area (Å²) in [5.41, 5.74) is 2.84. The minimum absolute atomic E-state index is 0.00474. The molecule has 4 rings (SSSR count). The molecule has 150 valence electrons. The Morgan fingerprint density at radius 1 is 1.32 bits per heavy atom. The van der Waals surface area contributed by atoms with Crippen LogP contribution in [0.4, 0.5) is 0 Å². The zero-order valence-corrected chi connectivity index (χ0v) is 16.3. The van der Waals surface area contributed by atoms with Crippen LogP contribution in [-0.2, 0) is 11.2 Å². The smallest absolute Gasteiger partial charge is 0.303 e. The van der Waals surface area contributed by atoms with Crippen molar-refractivity contribution < 1.29 is 19.2 Å². The molecule has 3 heterocycles. The van der Waals surface area contributed by atoms with E-state index < -0.39 is 5.97 Å². The van der Waals surface area contributed by atoms with E-state index >= 15 is 0 Å². The lowest BCUT2D eigenvalue weighted by atomic mass is 9.92. The lowest BCUT2D eigenvalue weighted by molar-refractivity contribution is -0.137. The minimum Gasteiger partial charge on any atom is -0.481 e. The molecule has 1 atom stereocenters. The van der Waals surface area contributed by atoms with E-state index in [4.69, 9.17) is 9.63 Å². The van der Waals surface area contributed by atoms with Gasteiger partial charge in [-0.1, -0.05) is 18.5 Å². The summed E-state index contributed by atoms with van der Waals surface area (Å²) < 4.78 is 5.49. The topological polar surface area (TPSA) is 96.5 Å². The number of nitrogens with zero attached hydrogens (tertiary/aromatic N) is 3. The highest BCUT2D eigenvalue weighted by molar-refractivity contribution is 6.06. The Kier molecular flexibility index (Phi) is 5.33. The van der Waals surface area contributed by atoms with Gasteiger partial charge in [-0.2, -0.15) is 0 Å². The third kappa shape index (κ3) is 3.88. The van der Waals surface area contributed by atoms with Crippen LogP contribution in [-0.4, -0.2) is 45.1 Å². The van der Waals surface area contributed by atoms with Crippen molar-refractivity contribution in [3.05, 3.63) is 23.0 Å². The van der Waals surface area contributed by atoms with Crippen molar-refractivity contribution in [1.82, 2.24) is 15.0 Å². The van der Waals surface area contributed by atoms with Crippen molar-refractivity contribution in [2.75, 3.05) is 13.1 Å². The summed E-state index contributed by atoms with van der Waals surface area (Å²) in [6, 6.07) is 1.94. The van der Waals surface area contributed by atoms with Crippen molar-refractivity contribution in [2.24, 2.45) is 5.92 Å². The third-order valence-electron chi connectivity index (χ3n) is 5.82. The summed E-state index contributed by atoms with van der Waals surface area (Å²) in [6.07, 6.45) is 6.53. The fourth-order valence-electron chi connectivity index (χ4n) is 4.18. The highest BCUT2D eigenvalue weighted by atomic mass is 16.5. The molecule has 1 saturated carbocycles. The quantitative estimate of drug-likeness (QED) is 0.779. The second kappa shape index (κ2) is 7.89. The minimum atomic E-state index is -0.776. The Labute approximate surface area is 164 Å². The monoisotopic (exact) mass is 385 g/mol. The fourth-order valence-corrected chi connectivity index (χ4v) is 4.18. The number of rotatable bonds is 7. The van der Waals surface area contributed by atoms with Crippen LogP contribution >= 0.6 is 0 Å². The summed E-state index contributed by atoms with van der Waals surface area (Å²) in [6.45, 7) is 3.40. The second-order valence-electron chi connectivity index (χ2n) is 8.12. The number of amides is 1. The van der Waals surface area contributed by atoms with Gasteiger partial charge in [0.15, 0.2) is 0 Å². The number of aryl methyl sites for hydroxylation is 1. The third-order valence-corrected chi connectivity index (χ3v) is 5.82. The standard InChI is InChI=1S/C21H27N3O4/c1-2-4-16-19-15(11-17(14-7-8-14)22-20(19)28-23-16)21(27)24-10-3-5-13(12-24)6-9-18(25)26/h11,13-14H,2-10,12H2,1H3,(H,25,26). The molecule has 7 heteroatoms. The molecule has 2 aromatic heterocycles. The first-order valence-electron chi connectivity index (χ1n) is 10.4. The Balaban J connectivity index is 1.63. The van der Waals surface area contributed by atoms with Gasteiger partial charge in [-0.15, -0.1) is 0 Å². The molecule has 1 unspecified atom stereocenters. The number of hydrogen-bond donors (Lipinski definition) is 1. The first kappa shape index (κ1) is 18.9. The Hall–Kier alpha value is -2.44. The van der Waals surface area contributed by atoms with Crippen LogP contribution < -0.4 is 0 Å². The number of piperidine rings is 1. The van der Waals surface area contributed by atoms with Crippen molar-refractivity contribution in [3.63, 3.8) is 0 Å². The number of fused-ring (bicyclic) bond motifs is 1. The molecule has 2 aliphatic rings. The van der Waals surface area contributed by atoms with Gasteiger partial charge in [-0.25, -0.2) is 4.98 Å². The number of carboxylic acid groups (broad SMARTS) is 1. The van der Waals surface area contributed by atoms with Gasteiger partial charge in [-0.3, -0.25) is 9.59 Å². The number of aromatic nitrogens is 2. The van der Waals surface area contributed by atoms with Crippen LogP contribution in [0.5, 0.6) is 0 Å². The van der Waals surface area contributed by atoms with E-state index in [1.165, 1.54) is 0 Å². The van der Waals surface area contributed by atoms with Gasteiger partial charge in [0.2, 0.25) is 0 Å². The normalized spacial score (nSPS) is 19.9. The largest absolute Gasteiger partial charge is 0.481 e. The molecule has 0 bridgehead atoms. The molecule has 1 aliphatic heterocycles. The number of carbonyl (C=O) groups excluding carboxylic acids is 1. The predicted octanol–water partition coefficient (Wildman–Crippen LogP) is 3.77. The molecule has 1 saturated heterocycles. The number of pyridine rings is 1. The van der Waals surface area contributed by atoms with E-state index in [-0.39, 0.29) is 18.2 Å². The van der Waals surface area contributed by atoms with Gasteiger partial charge in [0.1, 0.15) is 0 Å². The van der Waals surface area contributed by atoms with Crippen LogP contribution in [0.2, 0.25) is 0 Å². The summed E-state index contributed by atoms with van der Waals surface area (Å²) in [5, 5.41) is 13.9. The van der Waals surface area contributed by atoms with Gasteiger partial charge >= 0.3 is 5.97 Å². The molecule has 0 aromatic carbocycles. The van der Waals surface area contributed by atoms with Crippen molar-refractivity contribution in [2.45, 2.75) is 64.2 Å². The number of aliphatic carboxylic acids is 1. The van der Waals surface area contributed by atoms with Crippen LogP contribution in [0.25, 0.3) is 11.1 Å². The molecule has 2 aromatic rings. The number of likely N-dealkylation sites (tertiary alicyclic amines) is 1. The maximum atomic E-state index is 13.5. The predicted molar refractivity (Wildman–Crippen MR) is 103 cm³/mol. The van der Waals surface area contributed by atoms with E-state index in [0.29, 0.717) is 36.7 Å². The molecule has 7 nitrogen and oxygen atoms in total. The molecule has 0 radical (unpaired) electrons. The Bertz CT molecular complexity index is 887. The summed E-state index contributed by atoms with van der Waals surface area (Å²) in [7, 11) is 0. The van der Waals surface area contributed by atoms with Crippen LogP contribution in [0, 0.1) is 5.92 Å². The van der Waals surface area contributed by atoms with Crippen molar-refractivity contribution in [1.29, 1.82) is 0 Å². The summed E-state index contributed by atoms with van der Waals surface area (Å²) >= 11 is 0. The van der Waals surface area contributed by atoms with Gasteiger partial charge in [-0.05, 0) is 50.5 Å². The average molecular weight is 385 g/mol. The molecule has 1 amide bonds. The van der Waals surface area contributed by atoms with Crippen LogP contribution in [0.15, 0.2) is 10.6 Å². The lowest BCUT2D eigenvalue weighted by Gasteiger charge is -2.33. The average Bonchev–Trinajstić information content (AvgIpc) is 3.47. The molecule has 0 spiro atoms. The fraction of sp³-hybridized carbons (Fsp3) is 0.619. The molecule has 1 aliphatic carbocycles. The van der Waals surface area contributed by atoms with Crippen LogP contribution in [0.3, 0.4) is 0 Å². The van der Waals surface area contributed by atoms with Gasteiger partial charge in [0.05, 0.1) is 16.6 Å². The van der Waals surface area contributed by atoms with E-state index in [1.807, 2.05) is 11.0 Å². The summed E-state index contributed by atoms with van der Waals surface area (Å²) in [4.78, 5) is 30.9. The number of hydrogen-bond acceptors (Lipinski definition) is 5. The molecular formula is C21H27N3O4. The zero-order valence-electron chi connectivity index (χ0n) is 16.3. The Morgan fingerprint density at radius 2 is 2.14 bits per heavy atom. The SMILES string of the molecule is CCCc1noc2nc(C3CC3)cc(C(=O)N3CCCC(CCC(=O)O)C3)c12. The van der Waals surface area contributed by atoms with E-state index in [9.17, 15) is 9.59 Å². The second-order valence-corrected chi connectivity index (χ2v) is 8.12.